The van der Waals surface area contributed by atoms with Crippen molar-refractivity contribution >= 4 is 28.7 Å². The zero-order chi connectivity index (χ0) is 17.6. The van der Waals surface area contributed by atoms with Crippen molar-refractivity contribution in [3.05, 3.63) is 48.3 Å². The van der Waals surface area contributed by atoms with E-state index in [1.54, 1.807) is 30.3 Å². The van der Waals surface area contributed by atoms with Gasteiger partial charge in [0.2, 0.25) is 11.8 Å². The average Bonchev–Trinajstić information content (AvgIpc) is 3.17. The number of nitrogens with zero attached hydrogens (tertiary/aromatic N) is 2. The van der Waals surface area contributed by atoms with Crippen LogP contribution in [0.1, 0.15) is 6.42 Å². The van der Waals surface area contributed by atoms with Gasteiger partial charge in [0, 0.05) is 30.3 Å². The average molecular weight is 340 g/mol. The van der Waals surface area contributed by atoms with E-state index in [2.05, 4.69) is 4.98 Å². The van der Waals surface area contributed by atoms with Crippen molar-refractivity contribution in [1.82, 2.24) is 4.98 Å². The lowest BCUT2D eigenvalue weighted by Crippen LogP contribution is -2.25. The van der Waals surface area contributed by atoms with Gasteiger partial charge in [-0.2, -0.15) is 0 Å². The molecule has 4 rings (SSSR count). The largest absolute Gasteiger partial charge is 0.481 e. The van der Waals surface area contributed by atoms with Crippen LogP contribution in [-0.4, -0.2) is 28.5 Å². The van der Waals surface area contributed by atoms with Gasteiger partial charge < -0.3 is 14.4 Å². The van der Waals surface area contributed by atoms with Crippen molar-refractivity contribution in [2.24, 2.45) is 5.92 Å². The zero-order valence-electron chi connectivity index (χ0n) is 13.0. The van der Waals surface area contributed by atoms with E-state index < -0.39 is 11.9 Å². The standard InChI is InChI=1S/C18H13FN2O4/c19-12-3-1-2-10(6-12)17-20-14-5-4-13(8-15(14)25-17)21-9-11(18(23)24)7-16(21)22/h1-6,8,11H,7,9H2,(H,23,24)/t11-/m0/s1. The van der Waals surface area contributed by atoms with Crippen LogP contribution in [0.5, 0.6) is 0 Å². The Bertz CT molecular complexity index is 998. The molecule has 1 aliphatic rings. The minimum atomic E-state index is -0.981. The van der Waals surface area contributed by atoms with Gasteiger partial charge in [-0.3, -0.25) is 9.59 Å². The molecule has 1 amide bonds. The second kappa shape index (κ2) is 5.70. The van der Waals surface area contributed by atoms with Gasteiger partial charge in [-0.05, 0) is 30.3 Å². The van der Waals surface area contributed by atoms with Gasteiger partial charge in [0.05, 0.1) is 5.92 Å². The fourth-order valence-corrected chi connectivity index (χ4v) is 2.95. The Morgan fingerprint density at radius 3 is 2.84 bits per heavy atom. The number of hydrogen-bond acceptors (Lipinski definition) is 4. The van der Waals surface area contributed by atoms with Crippen molar-refractivity contribution in [3.63, 3.8) is 0 Å². The van der Waals surface area contributed by atoms with E-state index in [9.17, 15) is 14.0 Å². The highest BCUT2D eigenvalue weighted by molar-refractivity contribution is 6.00. The molecule has 6 nitrogen and oxygen atoms in total. The molecule has 1 aromatic heterocycles. The normalized spacial score (nSPS) is 17.4. The molecule has 0 unspecified atom stereocenters. The molecule has 0 aliphatic carbocycles. The Kier molecular flexibility index (Phi) is 3.49. The summed E-state index contributed by atoms with van der Waals surface area (Å²) >= 11 is 0. The summed E-state index contributed by atoms with van der Waals surface area (Å²) in [6.07, 6.45) is -0.0156. The third-order valence-corrected chi connectivity index (χ3v) is 4.23. The molecule has 3 aromatic rings. The molecule has 7 heteroatoms. The Hall–Kier alpha value is -3.22. The number of oxazole rings is 1. The SMILES string of the molecule is O=C(O)[C@H]1CC(=O)N(c2ccc3nc(-c4cccc(F)c4)oc3c2)C1. The maximum Gasteiger partial charge on any atom is 0.308 e. The van der Waals surface area contributed by atoms with Crippen LogP contribution >= 0.6 is 0 Å². The van der Waals surface area contributed by atoms with E-state index in [0.29, 0.717) is 22.4 Å². The topological polar surface area (TPSA) is 83.6 Å². The van der Waals surface area contributed by atoms with E-state index in [1.165, 1.54) is 17.0 Å². The fraction of sp³-hybridized carbons (Fsp3) is 0.167. The van der Waals surface area contributed by atoms with Gasteiger partial charge in [-0.15, -0.1) is 0 Å². The van der Waals surface area contributed by atoms with Crippen LogP contribution < -0.4 is 4.90 Å². The minimum Gasteiger partial charge on any atom is -0.481 e. The maximum atomic E-state index is 13.4. The molecule has 126 valence electrons. The van der Waals surface area contributed by atoms with Crippen molar-refractivity contribution in [2.75, 3.05) is 11.4 Å². The molecule has 1 fully saturated rings. The molecule has 2 heterocycles. The first-order chi connectivity index (χ1) is 12.0. The third-order valence-electron chi connectivity index (χ3n) is 4.23. The molecule has 0 bridgehead atoms. The minimum absolute atomic E-state index is 0.0156. The van der Waals surface area contributed by atoms with E-state index in [4.69, 9.17) is 9.52 Å². The summed E-state index contributed by atoms with van der Waals surface area (Å²) in [4.78, 5) is 28.9. The molecule has 1 N–H and O–H groups in total. The van der Waals surface area contributed by atoms with Crippen LogP contribution in [-0.2, 0) is 9.59 Å². The van der Waals surface area contributed by atoms with Crippen LogP contribution in [0.15, 0.2) is 46.9 Å². The highest BCUT2D eigenvalue weighted by atomic mass is 19.1. The number of anilines is 1. The lowest BCUT2D eigenvalue weighted by Gasteiger charge is -2.15. The summed E-state index contributed by atoms with van der Waals surface area (Å²) in [5, 5.41) is 9.08. The molecule has 1 aliphatic heterocycles. The number of carbonyl (C=O) groups is 2. The molecule has 0 spiro atoms. The number of carboxylic acids is 1. The zero-order valence-corrected chi connectivity index (χ0v) is 13.0. The lowest BCUT2D eigenvalue weighted by molar-refractivity contribution is -0.141. The van der Waals surface area contributed by atoms with Crippen LogP contribution in [0.4, 0.5) is 10.1 Å². The highest BCUT2D eigenvalue weighted by Gasteiger charge is 2.35. The van der Waals surface area contributed by atoms with Gasteiger partial charge >= 0.3 is 5.97 Å². The molecule has 1 atom stereocenters. The summed E-state index contributed by atoms with van der Waals surface area (Å²) in [7, 11) is 0. The quantitative estimate of drug-likeness (QED) is 0.792. The highest BCUT2D eigenvalue weighted by Crippen LogP contribution is 2.30. The number of hydrogen-bond donors (Lipinski definition) is 1. The van der Waals surface area contributed by atoms with Gasteiger partial charge in [0.1, 0.15) is 11.3 Å². The molecular formula is C18H13FN2O4. The predicted molar refractivity (Wildman–Crippen MR) is 87.5 cm³/mol. The van der Waals surface area contributed by atoms with Gasteiger partial charge in [-0.1, -0.05) is 6.07 Å². The Balaban J connectivity index is 1.69. The fourth-order valence-electron chi connectivity index (χ4n) is 2.95. The van der Waals surface area contributed by atoms with E-state index >= 15 is 0 Å². The molecule has 2 aromatic carbocycles. The summed E-state index contributed by atoms with van der Waals surface area (Å²) < 4.78 is 19.0. The molecule has 0 radical (unpaired) electrons. The monoisotopic (exact) mass is 340 g/mol. The van der Waals surface area contributed by atoms with Gasteiger partial charge in [0.15, 0.2) is 5.58 Å². The summed E-state index contributed by atoms with van der Waals surface area (Å²) in [5.41, 5.74) is 2.09. The van der Waals surface area contributed by atoms with Crippen LogP contribution in [0, 0.1) is 11.7 Å². The number of amides is 1. The second-order valence-electron chi connectivity index (χ2n) is 5.93. The van der Waals surface area contributed by atoms with Crippen LogP contribution in [0.2, 0.25) is 0 Å². The molecule has 1 saturated heterocycles. The van der Waals surface area contributed by atoms with Crippen molar-refractivity contribution in [1.29, 1.82) is 0 Å². The Labute approximate surface area is 141 Å². The summed E-state index contributed by atoms with van der Waals surface area (Å²) in [6.45, 7) is 0.130. The number of rotatable bonds is 3. The molecule has 0 saturated carbocycles. The van der Waals surface area contributed by atoms with E-state index in [1.807, 2.05) is 0 Å². The number of benzene rings is 2. The van der Waals surface area contributed by atoms with Gasteiger partial charge in [-0.25, -0.2) is 9.37 Å². The number of fused-ring (bicyclic) bond motifs is 1. The smallest absolute Gasteiger partial charge is 0.308 e. The lowest BCUT2D eigenvalue weighted by atomic mass is 10.1. The second-order valence-corrected chi connectivity index (χ2v) is 5.93. The predicted octanol–water partition coefficient (Wildman–Crippen LogP) is 3.07. The first-order valence-electron chi connectivity index (χ1n) is 7.71. The van der Waals surface area contributed by atoms with Gasteiger partial charge in [0.25, 0.3) is 0 Å². The van der Waals surface area contributed by atoms with Crippen LogP contribution in [0.25, 0.3) is 22.6 Å². The summed E-state index contributed by atoms with van der Waals surface area (Å²) in [5.74, 6) is -2.03. The first kappa shape index (κ1) is 15.3. The Morgan fingerprint density at radius 2 is 2.12 bits per heavy atom. The number of aromatic nitrogens is 1. The number of aliphatic carboxylic acids is 1. The van der Waals surface area contributed by atoms with Crippen molar-refractivity contribution in [3.8, 4) is 11.5 Å². The van der Waals surface area contributed by atoms with Crippen molar-refractivity contribution in [2.45, 2.75) is 6.42 Å². The third kappa shape index (κ3) is 2.73. The van der Waals surface area contributed by atoms with Crippen molar-refractivity contribution < 1.29 is 23.5 Å². The summed E-state index contributed by atoms with van der Waals surface area (Å²) in [6, 6.07) is 11.0. The number of carbonyl (C=O) groups excluding carboxylic acids is 1. The molecule has 25 heavy (non-hydrogen) atoms. The van der Waals surface area contributed by atoms with Crippen LogP contribution in [0.3, 0.4) is 0 Å². The first-order valence-corrected chi connectivity index (χ1v) is 7.71. The molecular weight excluding hydrogens is 327 g/mol. The number of halogens is 1. The maximum absolute atomic E-state index is 13.4. The number of carboxylic acid groups (broad SMARTS) is 1. The van der Waals surface area contributed by atoms with E-state index in [0.717, 1.165) is 0 Å². The van der Waals surface area contributed by atoms with E-state index in [-0.39, 0.29) is 30.6 Å². The Morgan fingerprint density at radius 1 is 1.28 bits per heavy atom.